The molecule has 0 saturated carbocycles. The van der Waals surface area contributed by atoms with E-state index in [9.17, 15) is 9.59 Å². The minimum absolute atomic E-state index is 0.121. The van der Waals surface area contributed by atoms with Gasteiger partial charge in [0, 0.05) is 18.2 Å². The zero-order valence-corrected chi connectivity index (χ0v) is 14.6. The highest BCUT2D eigenvalue weighted by atomic mass is 35.5. The van der Waals surface area contributed by atoms with Crippen LogP contribution >= 0.6 is 23.2 Å². The van der Waals surface area contributed by atoms with Gasteiger partial charge in [0.25, 0.3) is 5.91 Å². The maximum absolute atomic E-state index is 11.8. The second-order valence-electron chi connectivity index (χ2n) is 5.00. The minimum atomic E-state index is -0.544. The van der Waals surface area contributed by atoms with E-state index in [-0.39, 0.29) is 17.3 Å². The molecule has 2 rings (SSSR count). The first-order chi connectivity index (χ1) is 11.4. The van der Waals surface area contributed by atoms with Crippen molar-refractivity contribution in [3.05, 3.63) is 39.3 Å². The number of rotatable bonds is 6. The number of ether oxygens (including phenoxy) is 1. The van der Waals surface area contributed by atoms with Crippen molar-refractivity contribution >= 4 is 40.9 Å². The van der Waals surface area contributed by atoms with E-state index in [1.807, 2.05) is 0 Å². The van der Waals surface area contributed by atoms with Crippen LogP contribution in [-0.4, -0.2) is 28.6 Å². The van der Waals surface area contributed by atoms with Crippen molar-refractivity contribution in [3.8, 4) is 0 Å². The summed E-state index contributed by atoms with van der Waals surface area (Å²) in [6.45, 7) is 3.14. The minimum Gasteiger partial charge on any atom is -0.456 e. The number of hydrogen-bond acceptors (Lipinski definition) is 6. The summed E-state index contributed by atoms with van der Waals surface area (Å²) in [4.78, 5) is 27.3. The van der Waals surface area contributed by atoms with Gasteiger partial charge in [-0.2, -0.15) is 0 Å². The molecule has 0 aliphatic rings. The number of hydrogen-bond donors (Lipinski definition) is 1. The van der Waals surface area contributed by atoms with Crippen molar-refractivity contribution in [2.45, 2.75) is 26.7 Å². The molecule has 0 aliphatic heterocycles. The summed E-state index contributed by atoms with van der Waals surface area (Å²) in [5, 5.41) is 6.79. The maximum Gasteiger partial charge on any atom is 0.306 e. The van der Waals surface area contributed by atoms with Crippen molar-refractivity contribution in [2.75, 3.05) is 11.9 Å². The summed E-state index contributed by atoms with van der Waals surface area (Å²) in [5.74, 6) is -0.225. The molecule has 2 heterocycles. The molecule has 2 aromatic heterocycles. The Morgan fingerprint density at radius 2 is 2.08 bits per heavy atom. The van der Waals surface area contributed by atoms with Crippen LogP contribution in [0.25, 0.3) is 0 Å². The molecule has 0 radical (unpaired) electrons. The fraction of sp³-hybridized carbons (Fsp3) is 0.333. The normalized spacial score (nSPS) is 10.5. The molecule has 2 aromatic rings. The van der Waals surface area contributed by atoms with Gasteiger partial charge in [0.15, 0.2) is 12.4 Å². The summed E-state index contributed by atoms with van der Waals surface area (Å²) in [6.07, 6.45) is 1.90. The number of aromatic nitrogens is 2. The zero-order chi connectivity index (χ0) is 17.7. The Morgan fingerprint density at radius 1 is 1.33 bits per heavy atom. The van der Waals surface area contributed by atoms with Gasteiger partial charge in [-0.1, -0.05) is 28.4 Å². The van der Waals surface area contributed by atoms with E-state index in [2.05, 4.69) is 15.5 Å². The summed E-state index contributed by atoms with van der Waals surface area (Å²) in [6, 6.07) is 1.45. The number of carbonyl (C=O) groups is 2. The zero-order valence-electron chi connectivity index (χ0n) is 13.1. The number of amides is 1. The van der Waals surface area contributed by atoms with Crippen LogP contribution in [0.15, 0.2) is 16.8 Å². The van der Waals surface area contributed by atoms with Crippen molar-refractivity contribution in [2.24, 2.45) is 0 Å². The Balaban J connectivity index is 1.78. The molecule has 7 nitrogen and oxygen atoms in total. The fourth-order valence-corrected chi connectivity index (χ4v) is 2.41. The highest BCUT2D eigenvalue weighted by molar-refractivity contribution is 6.36. The Morgan fingerprint density at radius 3 is 2.71 bits per heavy atom. The lowest BCUT2D eigenvalue weighted by molar-refractivity contribution is -0.147. The van der Waals surface area contributed by atoms with Crippen LogP contribution in [0.5, 0.6) is 0 Å². The molecule has 1 N–H and O–H groups in total. The molecule has 24 heavy (non-hydrogen) atoms. The topological polar surface area (TPSA) is 94.3 Å². The molecule has 1 amide bonds. The SMILES string of the molecule is Cc1noc(C)c1CCC(=O)OCC(=O)Nc1ncc(Cl)cc1Cl. The van der Waals surface area contributed by atoms with Gasteiger partial charge in [-0.3, -0.25) is 9.59 Å². The molecular formula is C15H15Cl2N3O4. The number of anilines is 1. The Kier molecular flexibility index (Phi) is 6.16. The van der Waals surface area contributed by atoms with Crippen LogP contribution in [0.1, 0.15) is 23.4 Å². The standard InChI is InChI=1S/C15H15Cl2N3O4/c1-8-11(9(2)24-20-8)3-4-14(22)23-7-13(21)19-15-12(17)5-10(16)6-18-15/h5-6H,3-4,7H2,1-2H3,(H,18,19,21). The fourth-order valence-electron chi connectivity index (χ4n) is 1.98. The van der Waals surface area contributed by atoms with Crippen molar-refractivity contribution in [1.82, 2.24) is 10.1 Å². The van der Waals surface area contributed by atoms with Crippen molar-refractivity contribution < 1.29 is 18.8 Å². The highest BCUT2D eigenvalue weighted by Gasteiger charge is 2.14. The molecule has 0 atom stereocenters. The highest BCUT2D eigenvalue weighted by Crippen LogP contribution is 2.22. The quantitative estimate of drug-likeness (QED) is 0.783. The van der Waals surface area contributed by atoms with Gasteiger partial charge < -0.3 is 14.6 Å². The summed E-state index contributed by atoms with van der Waals surface area (Å²) < 4.78 is 9.94. The first-order valence-electron chi connectivity index (χ1n) is 7.05. The molecule has 0 bridgehead atoms. The lowest BCUT2D eigenvalue weighted by Crippen LogP contribution is -2.21. The molecule has 0 saturated heterocycles. The number of halogens is 2. The Hall–Kier alpha value is -2.12. The first kappa shape index (κ1) is 18.2. The lowest BCUT2D eigenvalue weighted by atomic mass is 10.1. The van der Waals surface area contributed by atoms with E-state index in [0.29, 0.717) is 17.2 Å². The number of esters is 1. The third-order valence-electron chi connectivity index (χ3n) is 3.19. The second kappa shape index (κ2) is 8.12. The predicted molar refractivity (Wildman–Crippen MR) is 88.1 cm³/mol. The molecule has 0 unspecified atom stereocenters. The van der Waals surface area contributed by atoms with E-state index in [4.69, 9.17) is 32.5 Å². The number of pyridine rings is 1. The summed E-state index contributed by atoms with van der Waals surface area (Å²) >= 11 is 11.6. The van der Waals surface area contributed by atoms with E-state index < -0.39 is 18.5 Å². The first-order valence-corrected chi connectivity index (χ1v) is 7.80. The third kappa shape index (κ3) is 4.94. The summed E-state index contributed by atoms with van der Waals surface area (Å²) in [7, 11) is 0. The Bertz CT molecular complexity index is 742. The predicted octanol–water partition coefficient (Wildman–Crippen LogP) is 3.11. The van der Waals surface area contributed by atoms with Crippen LogP contribution in [0.4, 0.5) is 5.82 Å². The van der Waals surface area contributed by atoms with Gasteiger partial charge in [0.2, 0.25) is 0 Å². The third-order valence-corrected chi connectivity index (χ3v) is 3.69. The Labute approximate surface area is 148 Å². The van der Waals surface area contributed by atoms with Crippen LogP contribution < -0.4 is 5.32 Å². The van der Waals surface area contributed by atoms with E-state index in [1.165, 1.54) is 12.3 Å². The monoisotopic (exact) mass is 371 g/mol. The van der Waals surface area contributed by atoms with Gasteiger partial charge in [-0.15, -0.1) is 0 Å². The van der Waals surface area contributed by atoms with Gasteiger partial charge in [-0.05, 0) is 26.3 Å². The van der Waals surface area contributed by atoms with Gasteiger partial charge in [-0.25, -0.2) is 4.98 Å². The van der Waals surface area contributed by atoms with Crippen molar-refractivity contribution in [1.29, 1.82) is 0 Å². The molecule has 9 heteroatoms. The molecular weight excluding hydrogens is 357 g/mol. The van der Waals surface area contributed by atoms with Gasteiger partial charge in [0.05, 0.1) is 15.7 Å². The lowest BCUT2D eigenvalue weighted by Gasteiger charge is -2.07. The van der Waals surface area contributed by atoms with Crippen molar-refractivity contribution in [3.63, 3.8) is 0 Å². The average Bonchev–Trinajstić information content (AvgIpc) is 2.84. The largest absolute Gasteiger partial charge is 0.456 e. The van der Waals surface area contributed by atoms with E-state index >= 15 is 0 Å². The number of carbonyl (C=O) groups excluding carboxylic acids is 2. The van der Waals surface area contributed by atoms with E-state index in [1.54, 1.807) is 13.8 Å². The van der Waals surface area contributed by atoms with E-state index in [0.717, 1.165) is 11.3 Å². The molecule has 0 spiro atoms. The molecule has 0 aromatic carbocycles. The molecule has 0 aliphatic carbocycles. The van der Waals surface area contributed by atoms with Crippen LogP contribution in [0, 0.1) is 13.8 Å². The number of aryl methyl sites for hydroxylation is 2. The van der Waals surface area contributed by atoms with Crippen LogP contribution in [0.3, 0.4) is 0 Å². The number of nitrogens with zero attached hydrogens (tertiary/aromatic N) is 2. The van der Waals surface area contributed by atoms with Crippen LogP contribution in [-0.2, 0) is 20.7 Å². The maximum atomic E-state index is 11.8. The number of nitrogens with one attached hydrogen (secondary N) is 1. The molecule has 128 valence electrons. The average molecular weight is 372 g/mol. The van der Waals surface area contributed by atoms with Crippen LogP contribution in [0.2, 0.25) is 10.0 Å². The smallest absolute Gasteiger partial charge is 0.306 e. The van der Waals surface area contributed by atoms with Gasteiger partial charge >= 0.3 is 5.97 Å². The molecule has 0 fully saturated rings. The summed E-state index contributed by atoms with van der Waals surface area (Å²) in [5.41, 5.74) is 1.61. The second-order valence-corrected chi connectivity index (χ2v) is 5.84. The van der Waals surface area contributed by atoms with Gasteiger partial charge in [0.1, 0.15) is 5.76 Å².